The highest BCUT2D eigenvalue weighted by Gasteiger charge is 2.31. The largest absolute Gasteiger partial charge is 0.333 e. The van der Waals surface area contributed by atoms with E-state index >= 15 is 0 Å². The molecular weight excluding hydrogens is 308 g/mol. The zero-order chi connectivity index (χ0) is 16.4. The molecule has 0 bridgehead atoms. The van der Waals surface area contributed by atoms with Crippen molar-refractivity contribution in [3.63, 3.8) is 0 Å². The van der Waals surface area contributed by atoms with Crippen LogP contribution in [-0.2, 0) is 11.2 Å². The van der Waals surface area contributed by atoms with Crippen molar-refractivity contribution in [3.05, 3.63) is 64.7 Å². The van der Waals surface area contributed by atoms with Crippen LogP contribution in [0.25, 0.3) is 0 Å². The van der Waals surface area contributed by atoms with E-state index in [4.69, 9.17) is 11.6 Å². The van der Waals surface area contributed by atoms with Gasteiger partial charge in [0.1, 0.15) is 6.04 Å². The third-order valence-corrected chi connectivity index (χ3v) is 4.77. The number of nitrogens with two attached hydrogens (primary N) is 1. The molecule has 3 nitrogen and oxygen atoms in total. The van der Waals surface area contributed by atoms with Crippen LogP contribution in [0.15, 0.2) is 48.5 Å². The number of carbonyl (C=O) groups excluding carboxylic acids is 1. The molecule has 0 fully saturated rings. The van der Waals surface area contributed by atoms with Crippen LogP contribution in [0.1, 0.15) is 31.0 Å². The zero-order valence-electron chi connectivity index (χ0n) is 13.5. The molecule has 1 aliphatic rings. The van der Waals surface area contributed by atoms with Crippen LogP contribution in [0.4, 0.5) is 5.69 Å². The number of anilines is 1. The summed E-state index contributed by atoms with van der Waals surface area (Å²) in [5.74, 6) is 0.170. The summed E-state index contributed by atoms with van der Waals surface area (Å²) < 4.78 is 0. The highest BCUT2D eigenvalue weighted by Crippen LogP contribution is 2.31. The van der Waals surface area contributed by atoms with Crippen LogP contribution < -0.4 is 10.2 Å². The minimum Gasteiger partial charge on any atom is -0.333 e. The number of nitrogens with zero attached hydrogens (tertiary/aromatic N) is 1. The number of fused-ring (bicyclic) bond motifs is 1. The first-order valence-electron chi connectivity index (χ1n) is 8.05. The molecule has 120 valence electrons. The predicted molar refractivity (Wildman–Crippen MR) is 93.8 cm³/mol. The fraction of sp³-hybridized carbons (Fsp3) is 0.316. The van der Waals surface area contributed by atoms with Crippen LogP contribution in [-0.4, -0.2) is 18.5 Å². The Morgan fingerprint density at radius 1 is 1.26 bits per heavy atom. The van der Waals surface area contributed by atoms with E-state index in [1.165, 1.54) is 11.1 Å². The van der Waals surface area contributed by atoms with Crippen molar-refractivity contribution in [2.75, 3.05) is 11.4 Å². The quantitative estimate of drug-likeness (QED) is 0.920. The molecule has 2 atom stereocenters. The first-order chi connectivity index (χ1) is 11.1. The number of hydrogen-bond acceptors (Lipinski definition) is 1. The standard InChI is InChI=1S/C19H21ClN2O/c1-13-11-16-5-3-4-6-18(16)22(13)19(23)12-21-14(2)15-7-9-17(20)10-8-15/h3-10,13-14,21H,11-12H2,1-2H3/p+1/t13-,14-/m0/s1. The van der Waals surface area contributed by atoms with E-state index in [0.717, 1.165) is 17.1 Å². The van der Waals surface area contributed by atoms with Gasteiger partial charge in [0.15, 0.2) is 6.54 Å². The number of amides is 1. The van der Waals surface area contributed by atoms with Gasteiger partial charge in [-0.1, -0.05) is 41.9 Å². The fourth-order valence-electron chi connectivity index (χ4n) is 3.22. The molecule has 0 radical (unpaired) electrons. The highest BCUT2D eigenvalue weighted by molar-refractivity contribution is 6.30. The van der Waals surface area contributed by atoms with Crippen molar-refractivity contribution in [1.29, 1.82) is 0 Å². The lowest BCUT2D eigenvalue weighted by atomic mass is 10.1. The van der Waals surface area contributed by atoms with E-state index in [0.29, 0.717) is 6.54 Å². The van der Waals surface area contributed by atoms with Crippen LogP contribution in [0.3, 0.4) is 0 Å². The summed E-state index contributed by atoms with van der Waals surface area (Å²) in [6.07, 6.45) is 0.939. The summed E-state index contributed by atoms with van der Waals surface area (Å²) in [4.78, 5) is 14.6. The maximum absolute atomic E-state index is 12.7. The average Bonchev–Trinajstić information content (AvgIpc) is 2.88. The number of halogens is 1. The van der Waals surface area contributed by atoms with Gasteiger partial charge in [0.25, 0.3) is 5.91 Å². The predicted octanol–water partition coefficient (Wildman–Crippen LogP) is 2.94. The molecule has 0 aromatic heterocycles. The summed E-state index contributed by atoms with van der Waals surface area (Å²) in [5.41, 5.74) is 3.51. The molecule has 2 aromatic carbocycles. The zero-order valence-corrected chi connectivity index (χ0v) is 14.3. The molecule has 1 heterocycles. The molecular formula is C19H22ClN2O+. The molecule has 4 heteroatoms. The molecule has 0 saturated heterocycles. The van der Waals surface area contributed by atoms with E-state index in [9.17, 15) is 4.79 Å². The monoisotopic (exact) mass is 329 g/mol. The Morgan fingerprint density at radius 2 is 1.96 bits per heavy atom. The van der Waals surface area contributed by atoms with Crippen molar-refractivity contribution in [3.8, 4) is 0 Å². The molecule has 1 amide bonds. The van der Waals surface area contributed by atoms with Gasteiger partial charge in [-0.2, -0.15) is 0 Å². The van der Waals surface area contributed by atoms with E-state index < -0.39 is 0 Å². The van der Waals surface area contributed by atoms with Gasteiger partial charge in [-0.3, -0.25) is 4.79 Å². The van der Waals surface area contributed by atoms with Gasteiger partial charge < -0.3 is 10.2 Å². The summed E-state index contributed by atoms with van der Waals surface area (Å²) in [7, 11) is 0. The van der Waals surface area contributed by atoms with E-state index in [1.807, 2.05) is 47.4 Å². The number of para-hydroxylation sites is 1. The Balaban J connectivity index is 1.64. The molecule has 2 aromatic rings. The van der Waals surface area contributed by atoms with Crippen LogP contribution in [0.2, 0.25) is 5.02 Å². The van der Waals surface area contributed by atoms with Gasteiger partial charge in [0, 0.05) is 22.3 Å². The van der Waals surface area contributed by atoms with Gasteiger partial charge in [0.2, 0.25) is 0 Å². The van der Waals surface area contributed by atoms with Gasteiger partial charge in [0.05, 0.1) is 0 Å². The average molecular weight is 330 g/mol. The minimum atomic E-state index is 0.170. The third kappa shape index (κ3) is 3.41. The van der Waals surface area contributed by atoms with Crippen molar-refractivity contribution < 1.29 is 10.1 Å². The van der Waals surface area contributed by atoms with E-state index in [1.54, 1.807) is 0 Å². The van der Waals surface area contributed by atoms with Gasteiger partial charge in [-0.15, -0.1) is 0 Å². The smallest absolute Gasteiger partial charge is 0.282 e. The second kappa shape index (κ2) is 6.73. The second-order valence-corrected chi connectivity index (χ2v) is 6.66. The third-order valence-electron chi connectivity index (χ3n) is 4.52. The SMILES string of the molecule is C[C@H]([NH2+]CC(=O)N1c2ccccc2C[C@@H]1C)c1ccc(Cl)cc1. The first kappa shape index (κ1) is 16.0. The first-order valence-corrected chi connectivity index (χ1v) is 8.43. The van der Waals surface area contributed by atoms with Crippen molar-refractivity contribution >= 4 is 23.2 Å². The Bertz CT molecular complexity index is 699. The van der Waals surface area contributed by atoms with E-state index in [2.05, 4.69) is 25.2 Å². The number of rotatable bonds is 4. The van der Waals surface area contributed by atoms with Crippen LogP contribution in [0.5, 0.6) is 0 Å². The lowest BCUT2D eigenvalue weighted by Gasteiger charge is -2.22. The van der Waals surface area contributed by atoms with Gasteiger partial charge in [-0.25, -0.2) is 0 Å². The number of hydrogen-bond donors (Lipinski definition) is 1. The molecule has 0 spiro atoms. The minimum absolute atomic E-state index is 0.170. The highest BCUT2D eigenvalue weighted by atomic mass is 35.5. The fourth-order valence-corrected chi connectivity index (χ4v) is 3.35. The molecule has 3 rings (SSSR count). The van der Waals surface area contributed by atoms with Crippen LogP contribution in [0, 0.1) is 0 Å². The lowest BCUT2D eigenvalue weighted by molar-refractivity contribution is -0.682. The van der Waals surface area contributed by atoms with Crippen molar-refractivity contribution in [1.82, 2.24) is 0 Å². The molecule has 2 N–H and O–H groups in total. The Kier molecular flexibility index (Phi) is 4.69. The Morgan fingerprint density at radius 3 is 2.70 bits per heavy atom. The topological polar surface area (TPSA) is 36.9 Å². The summed E-state index contributed by atoms with van der Waals surface area (Å²) >= 11 is 5.92. The van der Waals surface area contributed by atoms with Gasteiger partial charge in [-0.05, 0) is 44.0 Å². The van der Waals surface area contributed by atoms with Gasteiger partial charge >= 0.3 is 0 Å². The van der Waals surface area contributed by atoms with Crippen molar-refractivity contribution in [2.24, 2.45) is 0 Å². The second-order valence-electron chi connectivity index (χ2n) is 6.23. The molecule has 1 aliphatic heterocycles. The molecule has 23 heavy (non-hydrogen) atoms. The Labute approximate surface area is 142 Å². The maximum Gasteiger partial charge on any atom is 0.282 e. The van der Waals surface area contributed by atoms with E-state index in [-0.39, 0.29) is 18.0 Å². The Hall–Kier alpha value is -1.84. The van der Waals surface area contributed by atoms with Crippen LogP contribution >= 0.6 is 11.6 Å². The maximum atomic E-state index is 12.7. The number of benzene rings is 2. The molecule has 0 saturated carbocycles. The molecule has 0 unspecified atom stereocenters. The normalized spacial score (nSPS) is 17.9. The number of carbonyl (C=O) groups is 1. The summed E-state index contributed by atoms with van der Waals surface area (Å²) in [6.45, 7) is 4.67. The lowest BCUT2D eigenvalue weighted by Crippen LogP contribution is -2.87. The number of quaternary nitrogens is 1. The van der Waals surface area contributed by atoms with Crippen molar-refractivity contribution in [2.45, 2.75) is 32.4 Å². The summed E-state index contributed by atoms with van der Waals surface area (Å²) in [5, 5.41) is 2.82. The summed E-state index contributed by atoms with van der Waals surface area (Å²) in [6, 6.07) is 16.5. The molecule has 0 aliphatic carbocycles.